The number of likely N-dealkylation sites (tertiary alicyclic amines) is 1. The minimum atomic E-state index is -1.05. The molecule has 0 radical (unpaired) electrons. The van der Waals surface area contributed by atoms with Gasteiger partial charge in [0.1, 0.15) is 6.04 Å². The Balaban J connectivity index is 2.43. The van der Waals surface area contributed by atoms with Crippen molar-refractivity contribution in [3.63, 3.8) is 0 Å². The lowest BCUT2D eigenvalue weighted by molar-refractivity contribution is -0.142. The lowest BCUT2D eigenvalue weighted by atomic mass is 9.96. The van der Waals surface area contributed by atoms with Crippen LogP contribution in [0.3, 0.4) is 0 Å². The van der Waals surface area contributed by atoms with E-state index in [4.69, 9.17) is 5.11 Å². The number of carboxylic acid groups (broad SMARTS) is 1. The number of carboxylic acids is 1. The molecule has 1 saturated heterocycles. The average Bonchev–Trinajstić information content (AvgIpc) is 2.37. The summed E-state index contributed by atoms with van der Waals surface area (Å²) >= 11 is 0. The molecule has 0 aromatic rings. The van der Waals surface area contributed by atoms with Crippen molar-refractivity contribution in [3.05, 3.63) is 0 Å². The number of urea groups is 1. The Hall–Kier alpha value is -1.79. The third kappa shape index (κ3) is 4.11. The van der Waals surface area contributed by atoms with Crippen molar-refractivity contribution >= 4 is 17.9 Å². The van der Waals surface area contributed by atoms with E-state index >= 15 is 0 Å². The van der Waals surface area contributed by atoms with Crippen molar-refractivity contribution in [2.45, 2.75) is 25.8 Å². The van der Waals surface area contributed by atoms with Crippen molar-refractivity contribution in [2.75, 3.05) is 27.2 Å². The first-order chi connectivity index (χ1) is 8.82. The minimum Gasteiger partial charge on any atom is -0.480 e. The Labute approximate surface area is 112 Å². The molecule has 7 heteroatoms. The molecule has 1 fully saturated rings. The summed E-state index contributed by atoms with van der Waals surface area (Å²) in [4.78, 5) is 37.4. The van der Waals surface area contributed by atoms with E-state index in [-0.39, 0.29) is 17.9 Å². The van der Waals surface area contributed by atoms with Gasteiger partial charge in [-0.05, 0) is 19.8 Å². The molecule has 0 spiro atoms. The SMILES string of the molecule is CC(NC(=O)C1CCN(C(=O)N(C)C)CC1)C(=O)O. The Morgan fingerprint density at radius 3 is 2.21 bits per heavy atom. The summed E-state index contributed by atoms with van der Waals surface area (Å²) < 4.78 is 0. The standard InChI is InChI=1S/C12H21N3O4/c1-8(11(17)18)13-10(16)9-4-6-15(7-5-9)12(19)14(2)3/h8-9H,4-7H2,1-3H3,(H,13,16)(H,17,18). The quantitative estimate of drug-likeness (QED) is 0.754. The zero-order chi connectivity index (χ0) is 14.6. The Morgan fingerprint density at radius 1 is 1.26 bits per heavy atom. The van der Waals surface area contributed by atoms with Crippen molar-refractivity contribution < 1.29 is 19.5 Å². The number of amides is 3. The van der Waals surface area contributed by atoms with Crippen LogP contribution in [0.5, 0.6) is 0 Å². The molecule has 1 rings (SSSR count). The van der Waals surface area contributed by atoms with Gasteiger partial charge in [-0.15, -0.1) is 0 Å². The van der Waals surface area contributed by atoms with E-state index < -0.39 is 12.0 Å². The van der Waals surface area contributed by atoms with Crippen LogP contribution in [0.15, 0.2) is 0 Å². The number of hydrogen-bond acceptors (Lipinski definition) is 3. The first-order valence-electron chi connectivity index (χ1n) is 6.32. The fraction of sp³-hybridized carbons (Fsp3) is 0.750. The molecule has 3 amide bonds. The molecule has 1 atom stereocenters. The van der Waals surface area contributed by atoms with Crippen molar-refractivity contribution in [2.24, 2.45) is 5.92 Å². The largest absolute Gasteiger partial charge is 0.480 e. The number of aliphatic carboxylic acids is 1. The minimum absolute atomic E-state index is 0.0576. The summed E-state index contributed by atoms with van der Waals surface area (Å²) in [6, 6.07) is -0.938. The molecule has 0 aliphatic carbocycles. The van der Waals surface area contributed by atoms with E-state index in [0.717, 1.165) is 0 Å². The van der Waals surface area contributed by atoms with E-state index in [1.54, 1.807) is 19.0 Å². The predicted molar refractivity (Wildman–Crippen MR) is 68.6 cm³/mol. The van der Waals surface area contributed by atoms with Crippen LogP contribution in [-0.4, -0.2) is 66.0 Å². The maximum atomic E-state index is 11.8. The molecule has 2 N–H and O–H groups in total. The number of nitrogens with zero attached hydrogens (tertiary/aromatic N) is 2. The van der Waals surface area contributed by atoms with Crippen molar-refractivity contribution in [3.8, 4) is 0 Å². The zero-order valence-corrected chi connectivity index (χ0v) is 11.5. The van der Waals surface area contributed by atoms with Gasteiger partial charge in [0.25, 0.3) is 0 Å². The van der Waals surface area contributed by atoms with Crippen LogP contribution in [0, 0.1) is 5.92 Å². The molecule has 1 aliphatic heterocycles. The third-order valence-corrected chi connectivity index (χ3v) is 3.25. The third-order valence-electron chi connectivity index (χ3n) is 3.25. The second-order valence-electron chi connectivity index (χ2n) is 5.01. The fourth-order valence-corrected chi connectivity index (χ4v) is 2.01. The molecule has 0 saturated carbocycles. The molecule has 1 aliphatic rings. The first-order valence-corrected chi connectivity index (χ1v) is 6.32. The lowest BCUT2D eigenvalue weighted by Gasteiger charge is -2.33. The lowest BCUT2D eigenvalue weighted by Crippen LogP contribution is -2.48. The summed E-state index contributed by atoms with van der Waals surface area (Å²) in [5.41, 5.74) is 0. The van der Waals surface area contributed by atoms with Gasteiger partial charge in [0.15, 0.2) is 0 Å². The summed E-state index contributed by atoms with van der Waals surface area (Å²) in [7, 11) is 3.38. The molecule has 19 heavy (non-hydrogen) atoms. The molecule has 1 heterocycles. The van der Waals surface area contributed by atoms with Crippen LogP contribution >= 0.6 is 0 Å². The van der Waals surface area contributed by atoms with Gasteiger partial charge in [-0.2, -0.15) is 0 Å². The summed E-state index contributed by atoms with van der Waals surface area (Å²) in [5.74, 6) is -1.51. The smallest absolute Gasteiger partial charge is 0.325 e. The maximum absolute atomic E-state index is 11.8. The van der Waals surface area contributed by atoms with Gasteiger partial charge in [0.2, 0.25) is 5.91 Å². The number of rotatable bonds is 3. The number of carbonyl (C=O) groups is 3. The Bertz CT molecular complexity index is 362. The van der Waals surface area contributed by atoms with Crippen LogP contribution in [0.4, 0.5) is 4.79 Å². The maximum Gasteiger partial charge on any atom is 0.325 e. The average molecular weight is 271 g/mol. The topological polar surface area (TPSA) is 90.0 Å². The molecule has 0 aromatic heterocycles. The molecular formula is C12H21N3O4. The highest BCUT2D eigenvalue weighted by Gasteiger charge is 2.29. The van der Waals surface area contributed by atoms with Gasteiger partial charge >= 0.3 is 12.0 Å². The number of piperidine rings is 1. The van der Waals surface area contributed by atoms with Crippen molar-refractivity contribution in [1.82, 2.24) is 15.1 Å². The Kier molecular flexibility index (Phi) is 5.14. The molecule has 7 nitrogen and oxygen atoms in total. The van der Waals surface area contributed by atoms with Crippen LogP contribution in [0.2, 0.25) is 0 Å². The number of hydrogen-bond donors (Lipinski definition) is 2. The second kappa shape index (κ2) is 6.40. The van der Waals surface area contributed by atoms with E-state index in [0.29, 0.717) is 25.9 Å². The van der Waals surface area contributed by atoms with Crippen LogP contribution in [0.1, 0.15) is 19.8 Å². The van der Waals surface area contributed by atoms with E-state index in [1.807, 2.05) is 0 Å². The first kappa shape index (κ1) is 15.3. The molecule has 0 aromatic carbocycles. The van der Waals surface area contributed by atoms with Gasteiger partial charge < -0.3 is 20.2 Å². The molecule has 108 valence electrons. The highest BCUT2D eigenvalue weighted by atomic mass is 16.4. The van der Waals surface area contributed by atoms with Gasteiger partial charge in [0, 0.05) is 33.1 Å². The fourth-order valence-electron chi connectivity index (χ4n) is 2.01. The summed E-state index contributed by atoms with van der Waals surface area (Å²) in [6.45, 7) is 2.48. The van der Waals surface area contributed by atoms with Gasteiger partial charge in [0.05, 0.1) is 0 Å². The number of nitrogens with one attached hydrogen (secondary N) is 1. The van der Waals surface area contributed by atoms with Gasteiger partial charge in [-0.1, -0.05) is 0 Å². The van der Waals surface area contributed by atoms with Crippen LogP contribution in [-0.2, 0) is 9.59 Å². The monoisotopic (exact) mass is 271 g/mol. The van der Waals surface area contributed by atoms with Crippen LogP contribution < -0.4 is 5.32 Å². The normalized spacial score (nSPS) is 17.7. The zero-order valence-electron chi connectivity index (χ0n) is 11.5. The highest BCUT2D eigenvalue weighted by Crippen LogP contribution is 2.18. The van der Waals surface area contributed by atoms with Gasteiger partial charge in [-0.3, -0.25) is 9.59 Å². The summed E-state index contributed by atoms with van der Waals surface area (Å²) in [5, 5.41) is 11.2. The number of carbonyl (C=O) groups excluding carboxylic acids is 2. The van der Waals surface area contributed by atoms with E-state index in [9.17, 15) is 14.4 Å². The second-order valence-corrected chi connectivity index (χ2v) is 5.01. The summed E-state index contributed by atoms with van der Waals surface area (Å²) in [6.07, 6.45) is 1.13. The highest BCUT2D eigenvalue weighted by molar-refractivity contribution is 5.85. The molecule has 0 bridgehead atoms. The Morgan fingerprint density at radius 2 is 1.79 bits per heavy atom. The molecule has 1 unspecified atom stereocenters. The van der Waals surface area contributed by atoms with Crippen molar-refractivity contribution in [1.29, 1.82) is 0 Å². The van der Waals surface area contributed by atoms with E-state index in [1.165, 1.54) is 11.8 Å². The van der Waals surface area contributed by atoms with E-state index in [2.05, 4.69) is 5.32 Å². The molecular weight excluding hydrogens is 250 g/mol. The van der Waals surface area contributed by atoms with Crippen LogP contribution in [0.25, 0.3) is 0 Å². The predicted octanol–water partition coefficient (Wildman–Crippen LogP) is -0.0307. The van der Waals surface area contributed by atoms with Gasteiger partial charge in [-0.25, -0.2) is 4.79 Å².